The van der Waals surface area contributed by atoms with Crippen molar-refractivity contribution in [2.24, 2.45) is 4.99 Å². The third kappa shape index (κ3) is 6.88. The van der Waals surface area contributed by atoms with Crippen LogP contribution >= 0.6 is 24.0 Å². The predicted octanol–water partition coefficient (Wildman–Crippen LogP) is 4.19. The van der Waals surface area contributed by atoms with Crippen molar-refractivity contribution in [3.8, 4) is 23.0 Å². The molecule has 0 atom stereocenters. The number of aliphatic imine (C=N–C) groups is 1. The smallest absolute Gasteiger partial charge is 0.226 e. The highest BCUT2D eigenvalue weighted by atomic mass is 127. The van der Waals surface area contributed by atoms with E-state index in [2.05, 4.69) is 27.5 Å². The molecule has 8 heteroatoms. The molecule has 3 rings (SSSR count). The number of hydrogen-bond acceptors (Lipinski definition) is 5. The van der Waals surface area contributed by atoms with Crippen molar-refractivity contribution < 1.29 is 13.9 Å². The van der Waals surface area contributed by atoms with Crippen LogP contribution in [-0.4, -0.2) is 38.8 Å². The van der Waals surface area contributed by atoms with Gasteiger partial charge in [0.2, 0.25) is 5.89 Å². The average molecular weight is 536 g/mol. The van der Waals surface area contributed by atoms with E-state index in [1.54, 1.807) is 27.5 Å². The van der Waals surface area contributed by atoms with E-state index < -0.39 is 0 Å². The second-order valence-corrected chi connectivity index (χ2v) is 6.79. The Morgan fingerprint density at radius 2 is 1.84 bits per heavy atom. The number of benzene rings is 2. The lowest BCUT2D eigenvalue weighted by Gasteiger charge is -2.13. The molecule has 1 aromatic heterocycles. The molecule has 31 heavy (non-hydrogen) atoms. The van der Waals surface area contributed by atoms with Crippen LogP contribution in [0.5, 0.6) is 11.5 Å². The van der Waals surface area contributed by atoms with Gasteiger partial charge in [0.15, 0.2) is 5.96 Å². The molecule has 0 bridgehead atoms. The van der Waals surface area contributed by atoms with E-state index in [-0.39, 0.29) is 24.0 Å². The Morgan fingerprint density at radius 3 is 2.52 bits per heavy atom. The molecule has 0 unspecified atom stereocenters. The van der Waals surface area contributed by atoms with Crippen molar-refractivity contribution in [3.63, 3.8) is 0 Å². The van der Waals surface area contributed by atoms with Crippen LogP contribution in [0.2, 0.25) is 0 Å². The summed E-state index contributed by atoms with van der Waals surface area (Å²) < 4.78 is 16.3. The Bertz CT molecular complexity index is 987. The summed E-state index contributed by atoms with van der Waals surface area (Å²) in [4.78, 5) is 8.81. The zero-order chi connectivity index (χ0) is 21.3. The summed E-state index contributed by atoms with van der Waals surface area (Å²) in [6.45, 7) is 3.26. The zero-order valence-electron chi connectivity index (χ0n) is 18.3. The van der Waals surface area contributed by atoms with Crippen LogP contribution in [0.25, 0.3) is 11.5 Å². The maximum absolute atomic E-state index is 5.61. The molecule has 0 aliphatic carbocycles. The van der Waals surface area contributed by atoms with Gasteiger partial charge in [0.1, 0.15) is 17.8 Å². The first-order valence-corrected chi connectivity index (χ1v) is 9.79. The fourth-order valence-corrected chi connectivity index (χ4v) is 3.00. The molecule has 0 spiro atoms. The van der Waals surface area contributed by atoms with E-state index >= 15 is 0 Å². The minimum atomic E-state index is 0. The van der Waals surface area contributed by atoms with Gasteiger partial charge in [-0.2, -0.15) is 0 Å². The molecule has 0 fully saturated rings. The van der Waals surface area contributed by atoms with Crippen molar-refractivity contribution >= 4 is 29.9 Å². The van der Waals surface area contributed by atoms with E-state index in [1.807, 2.05) is 42.5 Å². The summed E-state index contributed by atoms with van der Waals surface area (Å²) in [7, 11) is 5.06. The Kier molecular flexibility index (Phi) is 9.64. The normalized spacial score (nSPS) is 10.9. The first kappa shape index (κ1) is 24.5. The summed E-state index contributed by atoms with van der Waals surface area (Å²) in [5.41, 5.74) is 4.04. The predicted molar refractivity (Wildman–Crippen MR) is 134 cm³/mol. The largest absolute Gasteiger partial charge is 0.497 e. The number of rotatable bonds is 8. The van der Waals surface area contributed by atoms with Gasteiger partial charge in [-0.15, -0.1) is 24.0 Å². The van der Waals surface area contributed by atoms with Gasteiger partial charge in [-0.1, -0.05) is 17.7 Å². The lowest BCUT2D eigenvalue weighted by atomic mass is 10.1. The molecule has 0 aliphatic rings. The van der Waals surface area contributed by atoms with E-state index in [4.69, 9.17) is 13.9 Å². The van der Waals surface area contributed by atoms with Crippen LogP contribution in [0.15, 0.2) is 58.1 Å². The fraction of sp³-hybridized carbons (Fsp3) is 0.304. The summed E-state index contributed by atoms with van der Waals surface area (Å²) in [5.74, 6) is 2.95. The number of hydrogen-bond donors (Lipinski definition) is 2. The van der Waals surface area contributed by atoms with Gasteiger partial charge in [0, 0.05) is 19.2 Å². The molecule has 166 valence electrons. The van der Waals surface area contributed by atoms with Crippen molar-refractivity contribution in [2.45, 2.75) is 19.9 Å². The first-order valence-electron chi connectivity index (χ1n) is 9.79. The monoisotopic (exact) mass is 536 g/mol. The highest BCUT2D eigenvalue weighted by Gasteiger charge is 2.08. The SMILES string of the molecule is CN=C(NCCc1cc(OC)ccc1OC)NCc1coc(-c2ccc(C)cc2)n1.I. The number of methoxy groups -OCH3 is 2. The summed E-state index contributed by atoms with van der Waals surface area (Å²) in [5, 5.41) is 6.56. The van der Waals surface area contributed by atoms with Crippen LogP contribution < -0.4 is 20.1 Å². The van der Waals surface area contributed by atoms with Gasteiger partial charge in [0.25, 0.3) is 0 Å². The van der Waals surface area contributed by atoms with Gasteiger partial charge in [0.05, 0.1) is 26.5 Å². The number of aryl methyl sites for hydroxylation is 1. The van der Waals surface area contributed by atoms with E-state index in [1.165, 1.54) is 5.56 Å². The molecule has 7 nitrogen and oxygen atoms in total. The highest BCUT2D eigenvalue weighted by molar-refractivity contribution is 14.0. The Morgan fingerprint density at radius 1 is 1.06 bits per heavy atom. The first-order chi connectivity index (χ1) is 14.6. The minimum absolute atomic E-state index is 0. The summed E-state index contributed by atoms with van der Waals surface area (Å²) in [6, 6.07) is 13.9. The van der Waals surface area contributed by atoms with Crippen LogP contribution in [0, 0.1) is 6.92 Å². The van der Waals surface area contributed by atoms with Crippen LogP contribution in [0.4, 0.5) is 0 Å². The molecule has 0 saturated heterocycles. The molecular weight excluding hydrogens is 507 g/mol. The quantitative estimate of drug-likeness (QED) is 0.255. The Labute approximate surface area is 200 Å². The number of nitrogens with one attached hydrogen (secondary N) is 2. The number of halogens is 1. The standard InChI is InChI=1S/C23H28N4O3.HI/c1-16-5-7-17(8-6-16)22-27-19(15-30-22)14-26-23(24-2)25-12-11-18-13-20(28-3)9-10-21(18)29-4;/h5-10,13,15H,11-12,14H2,1-4H3,(H2,24,25,26);1H. The lowest BCUT2D eigenvalue weighted by Crippen LogP contribution is -2.37. The molecular formula is C23H29IN4O3. The van der Waals surface area contributed by atoms with Gasteiger partial charge in [-0.25, -0.2) is 4.98 Å². The average Bonchev–Trinajstić information content (AvgIpc) is 3.25. The summed E-state index contributed by atoms with van der Waals surface area (Å²) in [6.07, 6.45) is 2.43. The molecule has 0 saturated carbocycles. The number of ether oxygens (including phenoxy) is 2. The van der Waals surface area contributed by atoms with Crippen molar-refractivity contribution in [3.05, 3.63) is 65.5 Å². The van der Waals surface area contributed by atoms with Crippen LogP contribution in [0.1, 0.15) is 16.8 Å². The zero-order valence-corrected chi connectivity index (χ0v) is 20.6. The Balaban J connectivity index is 0.00000341. The molecule has 0 aliphatic heterocycles. The number of oxazole rings is 1. The number of nitrogens with zero attached hydrogens (tertiary/aromatic N) is 2. The molecule has 2 aromatic carbocycles. The Hall–Kier alpha value is -2.75. The minimum Gasteiger partial charge on any atom is -0.497 e. The third-order valence-corrected chi connectivity index (χ3v) is 4.69. The third-order valence-electron chi connectivity index (χ3n) is 4.69. The van der Waals surface area contributed by atoms with Crippen molar-refractivity contribution in [1.82, 2.24) is 15.6 Å². The van der Waals surface area contributed by atoms with E-state index in [0.717, 1.165) is 34.7 Å². The molecule has 2 N–H and O–H groups in total. The molecule has 0 amide bonds. The topological polar surface area (TPSA) is 80.9 Å². The molecule has 0 radical (unpaired) electrons. The van der Waals surface area contributed by atoms with Crippen LogP contribution in [-0.2, 0) is 13.0 Å². The van der Waals surface area contributed by atoms with Gasteiger partial charge < -0.3 is 24.5 Å². The van der Waals surface area contributed by atoms with Gasteiger partial charge >= 0.3 is 0 Å². The fourth-order valence-electron chi connectivity index (χ4n) is 3.00. The second-order valence-electron chi connectivity index (χ2n) is 6.79. The maximum Gasteiger partial charge on any atom is 0.226 e. The van der Waals surface area contributed by atoms with E-state index in [0.29, 0.717) is 24.9 Å². The molecule has 3 aromatic rings. The van der Waals surface area contributed by atoms with Crippen LogP contribution in [0.3, 0.4) is 0 Å². The lowest BCUT2D eigenvalue weighted by molar-refractivity contribution is 0.398. The van der Waals surface area contributed by atoms with Gasteiger partial charge in [-0.3, -0.25) is 4.99 Å². The van der Waals surface area contributed by atoms with Crippen molar-refractivity contribution in [2.75, 3.05) is 27.8 Å². The van der Waals surface area contributed by atoms with Gasteiger partial charge in [-0.05, 0) is 49.2 Å². The maximum atomic E-state index is 5.61. The number of aromatic nitrogens is 1. The summed E-state index contributed by atoms with van der Waals surface area (Å²) >= 11 is 0. The van der Waals surface area contributed by atoms with Crippen molar-refractivity contribution in [1.29, 1.82) is 0 Å². The second kappa shape index (κ2) is 12.2. The molecule has 1 heterocycles. The number of guanidine groups is 1. The van der Waals surface area contributed by atoms with E-state index in [9.17, 15) is 0 Å². The highest BCUT2D eigenvalue weighted by Crippen LogP contribution is 2.24.